The van der Waals surface area contributed by atoms with E-state index in [0.717, 1.165) is 22.8 Å². The van der Waals surface area contributed by atoms with Gasteiger partial charge in [-0.3, -0.25) is 9.78 Å². The van der Waals surface area contributed by atoms with Gasteiger partial charge in [0, 0.05) is 47.5 Å². The Morgan fingerprint density at radius 1 is 1.00 bits per heavy atom. The number of thiocarbonyl (C=S) groups is 1. The van der Waals surface area contributed by atoms with Gasteiger partial charge in [-0.25, -0.2) is 4.39 Å². The molecule has 5 rings (SSSR count). The van der Waals surface area contributed by atoms with E-state index in [1.54, 1.807) is 18.3 Å². The van der Waals surface area contributed by atoms with Crippen LogP contribution >= 0.6 is 12.2 Å². The van der Waals surface area contributed by atoms with E-state index in [9.17, 15) is 9.18 Å². The molecule has 8 heteroatoms. The number of pyridine rings is 1. The largest absolute Gasteiger partial charge is 0.352 e. The van der Waals surface area contributed by atoms with E-state index in [0.29, 0.717) is 17.3 Å². The smallest absolute Gasteiger partial charge is 0.226 e. The Morgan fingerprint density at radius 3 is 2.39 bits per heavy atom. The zero-order valence-corrected chi connectivity index (χ0v) is 22.4. The highest BCUT2D eigenvalue weighted by Gasteiger charge is 2.42. The van der Waals surface area contributed by atoms with Crippen LogP contribution in [0.2, 0.25) is 0 Å². The number of nitrogens with one attached hydrogen (secondary N) is 2. The van der Waals surface area contributed by atoms with Crippen LogP contribution in [0.3, 0.4) is 0 Å². The average molecular weight is 528 g/mol. The van der Waals surface area contributed by atoms with Gasteiger partial charge >= 0.3 is 0 Å². The fourth-order valence-corrected chi connectivity index (χ4v) is 5.68. The highest BCUT2D eigenvalue weighted by atomic mass is 32.1. The second-order valence-electron chi connectivity index (χ2n) is 9.51. The molecule has 2 aromatic carbocycles. The Labute approximate surface area is 227 Å². The number of carbonyl (C=O) groups excluding carboxylic acids is 1. The predicted molar refractivity (Wildman–Crippen MR) is 152 cm³/mol. The Bertz CT molecular complexity index is 1450. The van der Waals surface area contributed by atoms with Crippen LogP contribution in [0.15, 0.2) is 79.0 Å². The van der Waals surface area contributed by atoms with E-state index >= 15 is 0 Å². The molecule has 194 valence electrons. The standard InChI is InChI=1S/C30H30FN5OS/c1-19-20(2)36(24-9-5-4-6-10-24)21(3)27(19)29-28(25-11-7-8-17-32-25)34-30(38)35(29)18-16-26(37)33-23-14-12-22(31)13-15-23/h4-15,17,28-29H,16,18H2,1-3H3,(H,33,37)(H,34,38)/t28-,29-/m1/s1. The minimum atomic E-state index is -0.344. The van der Waals surface area contributed by atoms with E-state index in [2.05, 4.69) is 58.0 Å². The van der Waals surface area contributed by atoms with Gasteiger partial charge in [-0.2, -0.15) is 0 Å². The van der Waals surface area contributed by atoms with Gasteiger partial charge in [-0.15, -0.1) is 0 Å². The number of carbonyl (C=O) groups is 1. The minimum Gasteiger partial charge on any atom is -0.352 e. The van der Waals surface area contributed by atoms with Gasteiger partial charge < -0.3 is 20.1 Å². The number of hydrogen-bond donors (Lipinski definition) is 2. The van der Waals surface area contributed by atoms with Crippen LogP contribution < -0.4 is 10.6 Å². The summed E-state index contributed by atoms with van der Waals surface area (Å²) >= 11 is 5.82. The van der Waals surface area contributed by atoms with Crippen molar-refractivity contribution < 1.29 is 9.18 Å². The van der Waals surface area contributed by atoms with E-state index in [1.165, 1.54) is 23.3 Å². The maximum Gasteiger partial charge on any atom is 0.226 e. The van der Waals surface area contributed by atoms with E-state index in [-0.39, 0.29) is 30.2 Å². The molecule has 0 aliphatic carbocycles. The summed E-state index contributed by atoms with van der Waals surface area (Å²) < 4.78 is 15.5. The van der Waals surface area contributed by atoms with Crippen molar-refractivity contribution in [1.82, 2.24) is 19.8 Å². The van der Waals surface area contributed by atoms with Crippen molar-refractivity contribution in [2.45, 2.75) is 39.3 Å². The molecular weight excluding hydrogens is 497 g/mol. The lowest BCUT2D eigenvalue weighted by atomic mass is 9.93. The molecule has 2 aromatic heterocycles. The van der Waals surface area contributed by atoms with Gasteiger partial charge in [0.05, 0.1) is 17.8 Å². The maximum atomic E-state index is 13.3. The van der Waals surface area contributed by atoms with Gasteiger partial charge in [-0.05, 0) is 87.1 Å². The first-order chi connectivity index (χ1) is 18.3. The molecule has 0 spiro atoms. The summed E-state index contributed by atoms with van der Waals surface area (Å²) in [6, 6.07) is 21.6. The van der Waals surface area contributed by atoms with Crippen molar-refractivity contribution in [1.29, 1.82) is 0 Å². The number of anilines is 1. The summed E-state index contributed by atoms with van der Waals surface area (Å²) in [6.07, 6.45) is 2.01. The van der Waals surface area contributed by atoms with Crippen molar-refractivity contribution in [3.05, 3.63) is 113 Å². The molecule has 2 atom stereocenters. The third-order valence-electron chi connectivity index (χ3n) is 7.22. The number of nitrogens with zero attached hydrogens (tertiary/aromatic N) is 3. The first-order valence-corrected chi connectivity index (χ1v) is 13.0. The Balaban J connectivity index is 1.49. The van der Waals surface area contributed by atoms with E-state index in [4.69, 9.17) is 12.2 Å². The van der Waals surface area contributed by atoms with Crippen LogP contribution in [0.25, 0.3) is 5.69 Å². The Hall–Kier alpha value is -4.04. The molecule has 2 N–H and O–H groups in total. The molecule has 1 aliphatic heterocycles. The van der Waals surface area contributed by atoms with Crippen LogP contribution in [0, 0.1) is 26.6 Å². The van der Waals surface area contributed by atoms with Crippen LogP contribution in [-0.2, 0) is 4.79 Å². The van der Waals surface area contributed by atoms with E-state index in [1.807, 2.05) is 36.4 Å². The van der Waals surface area contributed by atoms with Gasteiger partial charge in [0.2, 0.25) is 5.91 Å². The third kappa shape index (κ3) is 4.91. The van der Waals surface area contributed by atoms with Gasteiger partial charge in [0.25, 0.3) is 0 Å². The fourth-order valence-electron chi connectivity index (χ4n) is 5.34. The van der Waals surface area contributed by atoms with Crippen molar-refractivity contribution in [3.8, 4) is 5.69 Å². The Kier molecular flexibility index (Phi) is 7.24. The van der Waals surface area contributed by atoms with Crippen molar-refractivity contribution in [2.75, 3.05) is 11.9 Å². The number of aromatic nitrogens is 2. The number of para-hydroxylation sites is 1. The lowest BCUT2D eigenvalue weighted by Gasteiger charge is -2.29. The SMILES string of the molecule is Cc1c([C@@H]2[C@@H](c3ccccn3)NC(=S)N2CCC(=O)Nc2ccc(F)cc2)c(C)n(-c2ccccc2)c1C. The highest BCUT2D eigenvalue weighted by molar-refractivity contribution is 7.80. The molecule has 0 bridgehead atoms. The molecule has 3 heterocycles. The van der Waals surface area contributed by atoms with Crippen LogP contribution in [0.1, 0.15) is 46.7 Å². The summed E-state index contributed by atoms with van der Waals surface area (Å²) in [7, 11) is 0. The molecule has 1 amide bonds. The molecule has 0 saturated carbocycles. The second-order valence-corrected chi connectivity index (χ2v) is 9.89. The third-order valence-corrected chi connectivity index (χ3v) is 7.58. The zero-order valence-electron chi connectivity index (χ0n) is 21.6. The number of amides is 1. The number of benzene rings is 2. The number of hydrogen-bond acceptors (Lipinski definition) is 3. The highest BCUT2D eigenvalue weighted by Crippen LogP contribution is 2.43. The fraction of sp³-hybridized carbons (Fsp3) is 0.233. The molecule has 1 fully saturated rings. The number of halogens is 1. The normalized spacial score (nSPS) is 16.9. The molecule has 0 radical (unpaired) electrons. The first-order valence-electron chi connectivity index (χ1n) is 12.6. The summed E-state index contributed by atoms with van der Waals surface area (Å²) in [4.78, 5) is 19.6. The van der Waals surface area contributed by atoms with Crippen molar-refractivity contribution >= 4 is 28.9 Å². The van der Waals surface area contributed by atoms with Gasteiger partial charge in [-0.1, -0.05) is 24.3 Å². The van der Waals surface area contributed by atoms with Gasteiger partial charge in [0.1, 0.15) is 5.82 Å². The molecule has 6 nitrogen and oxygen atoms in total. The second kappa shape index (κ2) is 10.8. The lowest BCUT2D eigenvalue weighted by molar-refractivity contribution is -0.116. The zero-order chi connectivity index (χ0) is 26.8. The summed E-state index contributed by atoms with van der Waals surface area (Å²) in [5.41, 5.74) is 7.20. The molecule has 38 heavy (non-hydrogen) atoms. The topological polar surface area (TPSA) is 62.2 Å². The number of rotatable bonds is 7. The quantitative estimate of drug-likeness (QED) is 0.292. The monoisotopic (exact) mass is 527 g/mol. The lowest BCUT2D eigenvalue weighted by Crippen LogP contribution is -2.33. The molecule has 1 saturated heterocycles. The van der Waals surface area contributed by atoms with E-state index < -0.39 is 0 Å². The van der Waals surface area contributed by atoms with Crippen molar-refractivity contribution in [2.24, 2.45) is 0 Å². The predicted octanol–water partition coefficient (Wildman–Crippen LogP) is 5.94. The molecule has 0 unspecified atom stereocenters. The minimum absolute atomic E-state index is 0.153. The first kappa shape index (κ1) is 25.6. The summed E-state index contributed by atoms with van der Waals surface area (Å²) in [5.74, 6) is -0.505. The average Bonchev–Trinajstić information content (AvgIpc) is 3.36. The van der Waals surface area contributed by atoms with Crippen LogP contribution in [0.5, 0.6) is 0 Å². The van der Waals surface area contributed by atoms with Crippen LogP contribution in [-0.4, -0.2) is 32.0 Å². The molecule has 4 aromatic rings. The van der Waals surface area contributed by atoms with Crippen LogP contribution in [0.4, 0.5) is 10.1 Å². The maximum absolute atomic E-state index is 13.3. The summed E-state index contributed by atoms with van der Waals surface area (Å²) in [6.45, 7) is 6.84. The van der Waals surface area contributed by atoms with Crippen molar-refractivity contribution in [3.63, 3.8) is 0 Å². The molecule has 1 aliphatic rings. The summed E-state index contributed by atoms with van der Waals surface area (Å²) in [5, 5.41) is 6.92. The van der Waals surface area contributed by atoms with Gasteiger partial charge in [0.15, 0.2) is 5.11 Å². The molecular formula is C30H30FN5OS. The Morgan fingerprint density at radius 2 is 1.71 bits per heavy atom.